The maximum absolute atomic E-state index is 13.2. The number of aliphatic hydroxyl groups excluding tert-OH is 1. The Balaban J connectivity index is 1.64. The van der Waals surface area contributed by atoms with Gasteiger partial charge in [0.15, 0.2) is 18.0 Å². The summed E-state index contributed by atoms with van der Waals surface area (Å²) in [5.74, 6) is -4.77. The summed E-state index contributed by atoms with van der Waals surface area (Å²) in [6.45, 7) is -0.528. The molecular weight excluding hydrogens is 461 g/mol. The number of hydrogen-bond acceptors (Lipinski definition) is 8. The summed E-state index contributed by atoms with van der Waals surface area (Å²) in [6.07, 6.45) is -1.37. The minimum atomic E-state index is -4.44. The highest BCUT2D eigenvalue weighted by Gasteiger charge is 2.59. The van der Waals surface area contributed by atoms with Gasteiger partial charge >= 0.3 is 11.9 Å². The van der Waals surface area contributed by atoms with Crippen molar-refractivity contribution in [2.45, 2.75) is 30.5 Å². The first-order valence-electron chi connectivity index (χ1n) is 8.87. The van der Waals surface area contributed by atoms with Crippen LogP contribution in [0.25, 0.3) is 0 Å². The number of halogens is 2. The van der Waals surface area contributed by atoms with E-state index in [9.17, 15) is 32.6 Å². The van der Waals surface area contributed by atoms with Crippen LogP contribution in [-0.4, -0.2) is 61.3 Å². The van der Waals surface area contributed by atoms with Crippen LogP contribution in [0, 0.1) is 5.82 Å². The number of rotatable bonds is 5. The number of aliphatic hydroxyl groups is 1. The predicted octanol–water partition coefficient (Wildman–Crippen LogP) is 0.917. The molecule has 1 spiro atoms. The molecule has 1 aromatic carbocycles. The average Bonchev–Trinajstić information content (AvgIpc) is 3.19. The van der Waals surface area contributed by atoms with Gasteiger partial charge in [-0.2, -0.15) is 0 Å². The van der Waals surface area contributed by atoms with E-state index >= 15 is 0 Å². The number of carboxylic acids is 1. The molecule has 0 bridgehead atoms. The molecule has 13 heteroatoms. The Morgan fingerprint density at radius 1 is 1.35 bits per heavy atom. The molecule has 0 saturated carbocycles. The summed E-state index contributed by atoms with van der Waals surface area (Å²) in [6, 6.07) is 2.97. The summed E-state index contributed by atoms with van der Waals surface area (Å²) in [5.41, 5.74) is -0.809. The highest BCUT2D eigenvalue weighted by Crippen LogP contribution is 2.43. The molecule has 3 aliphatic rings. The summed E-state index contributed by atoms with van der Waals surface area (Å²) in [4.78, 5) is 23.2. The van der Waals surface area contributed by atoms with Crippen LogP contribution in [0.5, 0.6) is 0 Å². The third kappa shape index (κ3) is 3.81. The van der Waals surface area contributed by atoms with Crippen LogP contribution in [0.1, 0.15) is 6.42 Å². The molecule has 3 N–H and O–H groups in total. The Morgan fingerprint density at radius 2 is 2.10 bits per heavy atom. The zero-order chi connectivity index (χ0) is 22.6. The average molecular weight is 476 g/mol. The van der Waals surface area contributed by atoms with Gasteiger partial charge in [-0.15, -0.1) is 0 Å². The smallest absolute Gasteiger partial charge is 0.338 e. The van der Waals surface area contributed by atoms with Gasteiger partial charge in [0.05, 0.1) is 27.8 Å². The maximum Gasteiger partial charge on any atom is 0.338 e. The standard InChI is InChI=1S/C18H15ClFNO9S/c19-10-5-8(20)1-2-11(10)21-31(26,27)13-3-4-18(6-9(13)16(23)24)29-14-12(7-22)28-17(25)15(14)30-18/h1-3,5-6,12,14-15,21-22H,4,7H2,(H,23,24)/t12-,14-,15-,18?/m1/s1. The van der Waals surface area contributed by atoms with Crippen molar-refractivity contribution >= 4 is 39.3 Å². The molecule has 1 unspecified atom stereocenters. The van der Waals surface area contributed by atoms with Crippen molar-refractivity contribution in [3.63, 3.8) is 0 Å². The first-order chi connectivity index (χ1) is 14.5. The lowest BCUT2D eigenvalue weighted by atomic mass is 10.0. The number of esters is 1. The van der Waals surface area contributed by atoms with Crippen LogP contribution < -0.4 is 4.72 Å². The molecule has 2 aliphatic heterocycles. The molecule has 2 saturated heterocycles. The van der Waals surface area contributed by atoms with Crippen LogP contribution in [0.2, 0.25) is 5.02 Å². The SMILES string of the molecule is O=C(O)C1=CC2(CC=C1S(=O)(=O)Nc1ccc(F)cc1Cl)O[C@@H]1[C@@H](CO)OC(=O)[C@@H]1O2. The van der Waals surface area contributed by atoms with Gasteiger partial charge in [0.2, 0.25) is 0 Å². The van der Waals surface area contributed by atoms with E-state index in [1.165, 1.54) is 0 Å². The monoisotopic (exact) mass is 475 g/mol. The third-order valence-corrected chi connectivity index (χ3v) is 6.67. The van der Waals surface area contributed by atoms with Crippen molar-refractivity contribution in [2.24, 2.45) is 0 Å². The van der Waals surface area contributed by atoms with Gasteiger partial charge in [0.25, 0.3) is 10.0 Å². The van der Waals surface area contributed by atoms with Gasteiger partial charge in [0.1, 0.15) is 11.9 Å². The molecule has 4 rings (SSSR count). The molecule has 4 atom stereocenters. The zero-order valence-electron chi connectivity index (χ0n) is 15.4. The molecule has 31 heavy (non-hydrogen) atoms. The molecule has 0 radical (unpaired) electrons. The largest absolute Gasteiger partial charge is 0.478 e. The van der Waals surface area contributed by atoms with E-state index in [0.29, 0.717) is 0 Å². The van der Waals surface area contributed by atoms with Crippen molar-refractivity contribution in [1.82, 2.24) is 0 Å². The van der Waals surface area contributed by atoms with E-state index in [-0.39, 0.29) is 17.1 Å². The molecule has 1 aliphatic carbocycles. The van der Waals surface area contributed by atoms with Crippen LogP contribution in [0.15, 0.2) is 40.8 Å². The second-order valence-electron chi connectivity index (χ2n) is 6.96. The second-order valence-corrected chi connectivity index (χ2v) is 9.01. The Hall–Kier alpha value is -2.51. The van der Waals surface area contributed by atoms with Gasteiger partial charge in [-0.3, -0.25) is 4.72 Å². The van der Waals surface area contributed by atoms with E-state index in [2.05, 4.69) is 4.72 Å². The molecule has 2 heterocycles. The number of ether oxygens (including phenoxy) is 3. The molecule has 0 aromatic heterocycles. The molecule has 10 nitrogen and oxygen atoms in total. The number of nitrogens with one attached hydrogen (secondary N) is 1. The number of cyclic esters (lactones) is 1. The molecule has 2 fully saturated rings. The van der Waals surface area contributed by atoms with Crippen molar-refractivity contribution < 1.29 is 46.8 Å². The number of aliphatic carboxylic acids is 1. The lowest BCUT2D eigenvalue weighted by Gasteiger charge is -2.29. The molecule has 1 aromatic rings. The van der Waals surface area contributed by atoms with Gasteiger partial charge in [-0.05, 0) is 24.3 Å². The number of benzene rings is 1. The van der Waals surface area contributed by atoms with E-state index in [1.54, 1.807) is 0 Å². The fourth-order valence-electron chi connectivity index (χ4n) is 3.53. The summed E-state index contributed by atoms with van der Waals surface area (Å²) >= 11 is 5.85. The number of hydrogen-bond donors (Lipinski definition) is 3. The number of anilines is 1. The minimum Gasteiger partial charge on any atom is -0.478 e. The summed E-state index contributed by atoms with van der Waals surface area (Å²) in [7, 11) is -4.44. The Labute approximate surface area is 179 Å². The molecule has 166 valence electrons. The van der Waals surface area contributed by atoms with Crippen LogP contribution >= 0.6 is 11.6 Å². The number of fused-ring (bicyclic) bond motifs is 1. The topological polar surface area (TPSA) is 148 Å². The predicted molar refractivity (Wildman–Crippen MR) is 102 cm³/mol. The first kappa shape index (κ1) is 21.7. The summed E-state index contributed by atoms with van der Waals surface area (Å²) < 4.78 is 57.2. The highest BCUT2D eigenvalue weighted by atomic mass is 35.5. The number of carbonyl (C=O) groups is 2. The maximum atomic E-state index is 13.2. The second kappa shape index (κ2) is 7.57. The number of carboxylic acid groups (broad SMARTS) is 1. The van der Waals surface area contributed by atoms with Gasteiger partial charge < -0.3 is 24.4 Å². The molecule has 0 amide bonds. The van der Waals surface area contributed by atoms with Gasteiger partial charge in [0, 0.05) is 6.42 Å². The summed E-state index contributed by atoms with van der Waals surface area (Å²) in [5, 5.41) is 18.7. The van der Waals surface area contributed by atoms with Gasteiger partial charge in [-0.25, -0.2) is 22.4 Å². The van der Waals surface area contributed by atoms with Crippen LogP contribution in [0.4, 0.5) is 10.1 Å². The van der Waals surface area contributed by atoms with Crippen LogP contribution in [-0.2, 0) is 33.8 Å². The van der Waals surface area contributed by atoms with E-state index < -0.39 is 69.0 Å². The Morgan fingerprint density at radius 3 is 2.74 bits per heavy atom. The molecular formula is C18H15ClFNO9S. The number of sulfonamides is 1. The van der Waals surface area contributed by atoms with Gasteiger partial charge in [-0.1, -0.05) is 17.7 Å². The number of carbonyl (C=O) groups excluding carboxylic acids is 1. The van der Waals surface area contributed by atoms with Crippen LogP contribution in [0.3, 0.4) is 0 Å². The minimum absolute atomic E-state index is 0.148. The first-order valence-corrected chi connectivity index (χ1v) is 10.7. The van der Waals surface area contributed by atoms with Crippen molar-refractivity contribution in [3.8, 4) is 0 Å². The van der Waals surface area contributed by atoms with E-state index in [1.807, 2.05) is 0 Å². The van der Waals surface area contributed by atoms with Crippen molar-refractivity contribution in [3.05, 3.63) is 51.7 Å². The van der Waals surface area contributed by atoms with E-state index in [0.717, 1.165) is 30.4 Å². The zero-order valence-corrected chi connectivity index (χ0v) is 17.0. The fraction of sp³-hybridized carbons (Fsp3) is 0.333. The van der Waals surface area contributed by atoms with Crippen molar-refractivity contribution in [2.75, 3.05) is 11.3 Å². The van der Waals surface area contributed by atoms with E-state index in [4.69, 9.17) is 25.8 Å². The van der Waals surface area contributed by atoms with Crippen molar-refractivity contribution in [1.29, 1.82) is 0 Å². The quantitative estimate of drug-likeness (QED) is 0.528. The Kier molecular flexibility index (Phi) is 5.30. The normalized spacial score (nSPS) is 29.9. The lowest BCUT2D eigenvalue weighted by Crippen LogP contribution is -2.37. The highest BCUT2D eigenvalue weighted by molar-refractivity contribution is 7.96. The fourth-order valence-corrected chi connectivity index (χ4v) is 5.12. The Bertz CT molecular complexity index is 1130. The lowest BCUT2D eigenvalue weighted by molar-refractivity contribution is -0.183. The third-order valence-electron chi connectivity index (χ3n) is 4.90.